The quantitative estimate of drug-likeness (QED) is 0.346. The molecule has 0 fully saturated rings. The van der Waals surface area contributed by atoms with E-state index in [0.717, 1.165) is 21.5 Å². The largest absolute Gasteiger partial charge is 0.383 e. The number of Topliss-reactive ketones (excluding diaryl/α,β-unsaturated/α-hetero) is 1. The maximum Gasteiger partial charge on any atom is 0.333 e. The van der Waals surface area contributed by atoms with E-state index in [1.54, 1.807) is 18.0 Å². The van der Waals surface area contributed by atoms with Gasteiger partial charge < -0.3 is 13.9 Å². The molecule has 4 rings (SSSR count). The van der Waals surface area contributed by atoms with Crippen molar-refractivity contribution in [2.75, 3.05) is 13.7 Å². The fourth-order valence-corrected chi connectivity index (χ4v) is 4.81. The van der Waals surface area contributed by atoms with Crippen LogP contribution in [0.2, 0.25) is 0 Å². The lowest BCUT2D eigenvalue weighted by Crippen LogP contribution is -2.42. The van der Waals surface area contributed by atoms with Crippen LogP contribution in [0.1, 0.15) is 47.2 Å². The Kier molecular flexibility index (Phi) is 6.88. The van der Waals surface area contributed by atoms with Crippen LogP contribution >= 0.6 is 0 Å². The second-order valence-electron chi connectivity index (χ2n) is 8.83. The van der Waals surface area contributed by atoms with Gasteiger partial charge in [0.2, 0.25) is 0 Å². The monoisotopic (exact) mass is 477 g/mol. The van der Waals surface area contributed by atoms with Gasteiger partial charge in [-0.05, 0) is 39.3 Å². The van der Waals surface area contributed by atoms with Crippen LogP contribution in [0.3, 0.4) is 0 Å². The highest BCUT2D eigenvalue weighted by Gasteiger charge is 2.23. The Balaban J connectivity index is 1.81. The van der Waals surface area contributed by atoms with E-state index in [9.17, 15) is 14.4 Å². The number of hydrogen-bond donors (Lipinski definition) is 0. The molecule has 9 heteroatoms. The number of carbonyl (C=O) groups is 1. The summed E-state index contributed by atoms with van der Waals surface area (Å²) in [5, 5.41) is 0. The highest BCUT2D eigenvalue weighted by Crippen LogP contribution is 2.21. The van der Waals surface area contributed by atoms with Crippen molar-refractivity contribution >= 4 is 16.9 Å². The van der Waals surface area contributed by atoms with E-state index in [2.05, 4.69) is 4.98 Å². The number of carbonyl (C=O) groups excluding carboxylic acids is 1. The molecule has 9 nitrogen and oxygen atoms in total. The van der Waals surface area contributed by atoms with Gasteiger partial charge in [-0.2, -0.15) is 0 Å². The maximum absolute atomic E-state index is 13.5. The van der Waals surface area contributed by atoms with Crippen LogP contribution in [0.4, 0.5) is 0 Å². The molecule has 4 aromatic rings. The third kappa shape index (κ3) is 4.39. The van der Waals surface area contributed by atoms with Gasteiger partial charge in [-0.25, -0.2) is 9.78 Å². The minimum atomic E-state index is -0.553. The normalized spacial score (nSPS) is 12.4. The number of fused-ring (bicyclic) bond motifs is 1. The first-order chi connectivity index (χ1) is 16.8. The molecule has 0 radical (unpaired) electrons. The zero-order valence-electron chi connectivity index (χ0n) is 20.8. The summed E-state index contributed by atoms with van der Waals surface area (Å²) in [7, 11) is 1.64. The van der Waals surface area contributed by atoms with E-state index < -0.39 is 11.2 Å². The maximum atomic E-state index is 13.5. The number of ketones is 1. The average molecular weight is 478 g/mol. The Morgan fingerprint density at radius 2 is 1.83 bits per heavy atom. The van der Waals surface area contributed by atoms with Crippen molar-refractivity contribution in [1.82, 2.24) is 23.3 Å². The molecule has 0 aliphatic rings. The summed E-state index contributed by atoms with van der Waals surface area (Å²) < 4.78 is 11.5. The average Bonchev–Trinajstić information content (AvgIpc) is 3.40. The number of ether oxygens (including phenoxy) is 1. The highest BCUT2D eigenvalue weighted by molar-refractivity contribution is 5.97. The minimum Gasteiger partial charge on any atom is -0.383 e. The number of benzene rings is 1. The van der Waals surface area contributed by atoms with Gasteiger partial charge in [-0.15, -0.1) is 0 Å². The lowest BCUT2D eigenvalue weighted by molar-refractivity contribution is 0.0967. The zero-order valence-corrected chi connectivity index (χ0v) is 20.8. The molecule has 3 heterocycles. The van der Waals surface area contributed by atoms with Crippen LogP contribution in [0.5, 0.6) is 0 Å². The van der Waals surface area contributed by atoms with Crippen LogP contribution in [0, 0.1) is 13.8 Å². The topological polar surface area (TPSA) is 93.1 Å². The molecule has 0 saturated heterocycles. The van der Waals surface area contributed by atoms with Gasteiger partial charge >= 0.3 is 5.69 Å². The van der Waals surface area contributed by atoms with Crippen LogP contribution in [-0.2, 0) is 24.4 Å². The first kappa shape index (κ1) is 24.4. The Morgan fingerprint density at radius 1 is 1.11 bits per heavy atom. The standard InChI is InChI=1S/C26H31N5O4/c1-6-28-16-27-24-23(28)25(33)30(26(34)29(24)13-20-10-8-7-9-11-20)14-22(32)21-12-17(2)31(19(21)4)18(3)15-35-5/h7-12,16,18H,6,13-15H2,1-5H3. The van der Waals surface area contributed by atoms with E-state index in [0.29, 0.717) is 29.9 Å². The first-order valence-electron chi connectivity index (χ1n) is 11.7. The van der Waals surface area contributed by atoms with Crippen molar-refractivity contribution in [1.29, 1.82) is 0 Å². The van der Waals surface area contributed by atoms with Crippen molar-refractivity contribution in [3.05, 3.63) is 86.1 Å². The summed E-state index contributed by atoms with van der Waals surface area (Å²) in [6, 6.07) is 11.4. The van der Waals surface area contributed by atoms with Crippen molar-refractivity contribution in [2.24, 2.45) is 0 Å². The molecular formula is C26H31N5O4. The van der Waals surface area contributed by atoms with Crippen LogP contribution < -0.4 is 11.2 Å². The molecular weight excluding hydrogens is 446 g/mol. The number of aromatic nitrogens is 5. The molecule has 0 N–H and O–H groups in total. The summed E-state index contributed by atoms with van der Waals surface area (Å²) >= 11 is 0. The van der Waals surface area contributed by atoms with Gasteiger partial charge in [-0.3, -0.25) is 18.7 Å². The Hall–Kier alpha value is -3.72. The summed E-state index contributed by atoms with van der Waals surface area (Å²) in [5.41, 5.74) is 2.67. The van der Waals surface area contributed by atoms with Gasteiger partial charge in [0.15, 0.2) is 16.9 Å². The predicted molar refractivity (Wildman–Crippen MR) is 134 cm³/mol. The van der Waals surface area contributed by atoms with Gasteiger partial charge in [-0.1, -0.05) is 30.3 Å². The summed E-state index contributed by atoms with van der Waals surface area (Å²) in [5.74, 6) is -0.290. The SMILES string of the molecule is CCn1cnc2c1c(=O)n(CC(=O)c1cc(C)n(C(C)COC)c1C)c(=O)n2Cc1ccccc1. The molecule has 1 atom stereocenters. The minimum absolute atomic E-state index is 0.0441. The smallest absolute Gasteiger partial charge is 0.333 e. The van der Waals surface area contributed by atoms with E-state index in [4.69, 9.17) is 4.74 Å². The lowest BCUT2D eigenvalue weighted by atomic mass is 10.1. The number of aryl methyl sites for hydroxylation is 2. The van der Waals surface area contributed by atoms with E-state index >= 15 is 0 Å². The van der Waals surface area contributed by atoms with E-state index in [1.807, 2.05) is 68.7 Å². The third-order valence-electron chi connectivity index (χ3n) is 6.44. The molecule has 0 saturated carbocycles. The van der Waals surface area contributed by atoms with Crippen LogP contribution in [0.15, 0.2) is 52.3 Å². The second kappa shape index (κ2) is 9.87. The zero-order chi connectivity index (χ0) is 25.3. The summed E-state index contributed by atoms with van der Waals surface area (Å²) in [6.45, 7) is 8.64. The van der Waals surface area contributed by atoms with Gasteiger partial charge in [0, 0.05) is 30.6 Å². The molecule has 35 heavy (non-hydrogen) atoms. The highest BCUT2D eigenvalue weighted by atomic mass is 16.5. The predicted octanol–water partition coefficient (Wildman–Crippen LogP) is 2.94. The fraction of sp³-hybridized carbons (Fsp3) is 0.385. The summed E-state index contributed by atoms with van der Waals surface area (Å²) in [4.78, 5) is 44.7. The van der Waals surface area contributed by atoms with E-state index in [1.165, 1.54) is 4.57 Å². The van der Waals surface area contributed by atoms with Gasteiger partial charge in [0.1, 0.15) is 0 Å². The fourth-order valence-electron chi connectivity index (χ4n) is 4.81. The van der Waals surface area contributed by atoms with E-state index in [-0.39, 0.29) is 24.9 Å². The van der Waals surface area contributed by atoms with Crippen molar-refractivity contribution in [3.8, 4) is 0 Å². The van der Waals surface area contributed by atoms with Crippen molar-refractivity contribution in [3.63, 3.8) is 0 Å². The number of rotatable bonds is 9. The molecule has 0 amide bonds. The molecule has 0 spiro atoms. The number of hydrogen-bond acceptors (Lipinski definition) is 5. The molecule has 184 valence electrons. The molecule has 3 aromatic heterocycles. The lowest BCUT2D eigenvalue weighted by Gasteiger charge is -2.17. The first-order valence-corrected chi connectivity index (χ1v) is 11.7. The van der Waals surface area contributed by atoms with Crippen LogP contribution in [-0.4, -0.2) is 42.8 Å². The summed E-state index contributed by atoms with van der Waals surface area (Å²) in [6.07, 6.45) is 1.56. The Labute approximate surface area is 203 Å². The number of methoxy groups -OCH3 is 1. The van der Waals surface area contributed by atoms with Crippen molar-refractivity contribution < 1.29 is 9.53 Å². The molecule has 0 aliphatic heterocycles. The van der Waals surface area contributed by atoms with Gasteiger partial charge in [0.05, 0.1) is 32.1 Å². The molecule has 1 aromatic carbocycles. The number of nitrogens with zero attached hydrogens (tertiary/aromatic N) is 5. The Bertz CT molecular complexity index is 1490. The second-order valence-corrected chi connectivity index (χ2v) is 8.83. The van der Waals surface area contributed by atoms with Crippen molar-refractivity contribution in [2.45, 2.75) is 53.4 Å². The van der Waals surface area contributed by atoms with Gasteiger partial charge in [0.25, 0.3) is 5.56 Å². The Morgan fingerprint density at radius 3 is 2.49 bits per heavy atom. The molecule has 0 bridgehead atoms. The molecule has 1 unspecified atom stereocenters. The third-order valence-corrected chi connectivity index (χ3v) is 6.44. The molecule has 0 aliphatic carbocycles. The number of imidazole rings is 1. The van der Waals surface area contributed by atoms with Crippen LogP contribution in [0.25, 0.3) is 11.2 Å².